The van der Waals surface area contributed by atoms with Crippen LogP contribution in [0.3, 0.4) is 0 Å². The average Bonchev–Trinajstić information content (AvgIpc) is 2.43. The fraction of sp³-hybridized carbons (Fsp3) is 0.250. The lowest BCUT2D eigenvalue weighted by molar-refractivity contribution is 0.102. The predicted octanol–water partition coefficient (Wildman–Crippen LogP) is 3.52. The zero-order valence-corrected chi connectivity index (χ0v) is 12.3. The molecule has 0 saturated heterocycles. The Kier molecular flexibility index (Phi) is 4.52. The number of aryl methyl sites for hydroxylation is 2. The summed E-state index contributed by atoms with van der Waals surface area (Å²) in [5.41, 5.74) is 2.77. The number of hydrogen-bond acceptors (Lipinski definition) is 3. The summed E-state index contributed by atoms with van der Waals surface area (Å²) >= 11 is 0. The van der Waals surface area contributed by atoms with Gasteiger partial charge in [-0.15, -0.1) is 0 Å². The van der Waals surface area contributed by atoms with E-state index in [1.807, 2.05) is 13.8 Å². The highest BCUT2D eigenvalue weighted by molar-refractivity contribution is 6.08. The number of nitrogens with one attached hydrogen (secondary N) is 2. The minimum atomic E-state index is -0.451. The van der Waals surface area contributed by atoms with Crippen molar-refractivity contribution in [3.8, 4) is 0 Å². The van der Waals surface area contributed by atoms with Gasteiger partial charge in [0.1, 0.15) is 5.82 Å². The van der Waals surface area contributed by atoms with E-state index in [0.717, 1.165) is 5.69 Å². The van der Waals surface area contributed by atoms with Crippen LogP contribution in [0.4, 0.5) is 15.8 Å². The molecule has 0 aliphatic rings. The number of rotatable bonds is 4. The second kappa shape index (κ2) is 6.35. The lowest BCUT2D eigenvalue weighted by Crippen LogP contribution is -2.17. The van der Waals surface area contributed by atoms with Crippen molar-refractivity contribution in [2.75, 3.05) is 17.2 Å². The molecule has 0 aliphatic carbocycles. The number of benzene rings is 1. The Morgan fingerprint density at radius 1 is 1.33 bits per heavy atom. The maximum absolute atomic E-state index is 13.8. The molecule has 0 atom stereocenters. The van der Waals surface area contributed by atoms with E-state index in [0.29, 0.717) is 23.4 Å². The van der Waals surface area contributed by atoms with Gasteiger partial charge in [0.15, 0.2) is 0 Å². The normalized spacial score (nSPS) is 10.3. The summed E-state index contributed by atoms with van der Waals surface area (Å²) in [6.45, 7) is 6.22. The number of nitrogens with zero attached hydrogens (tertiary/aromatic N) is 1. The molecule has 21 heavy (non-hydrogen) atoms. The third-order valence-electron chi connectivity index (χ3n) is 3.11. The second-order valence-electron chi connectivity index (χ2n) is 4.79. The quantitative estimate of drug-likeness (QED) is 0.904. The summed E-state index contributed by atoms with van der Waals surface area (Å²) in [4.78, 5) is 16.5. The van der Waals surface area contributed by atoms with Crippen molar-refractivity contribution in [3.63, 3.8) is 0 Å². The molecule has 0 fully saturated rings. The van der Waals surface area contributed by atoms with Gasteiger partial charge in [-0.2, -0.15) is 0 Å². The van der Waals surface area contributed by atoms with Gasteiger partial charge in [0.2, 0.25) is 0 Å². The molecule has 5 heteroatoms. The van der Waals surface area contributed by atoms with Gasteiger partial charge in [-0.3, -0.25) is 9.78 Å². The number of carbonyl (C=O) groups excluding carboxylic acids is 1. The van der Waals surface area contributed by atoms with E-state index >= 15 is 0 Å². The SMILES string of the molecule is CCNc1cc(C)ncc1C(=O)Nc1c(C)cccc1F. The fourth-order valence-electron chi connectivity index (χ4n) is 2.05. The van der Waals surface area contributed by atoms with Crippen LogP contribution in [-0.4, -0.2) is 17.4 Å². The molecule has 0 spiro atoms. The summed E-state index contributed by atoms with van der Waals surface area (Å²) in [5, 5.41) is 5.74. The van der Waals surface area contributed by atoms with E-state index < -0.39 is 5.82 Å². The highest BCUT2D eigenvalue weighted by atomic mass is 19.1. The van der Waals surface area contributed by atoms with Crippen LogP contribution < -0.4 is 10.6 Å². The molecule has 2 rings (SSSR count). The highest BCUT2D eigenvalue weighted by Gasteiger charge is 2.15. The third kappa shape index (κ3) is 3.37. The molecule has 0 unspecified atom stereocenters. The van der Waals surface area contributed by atoms with E-state index in [1.165, 1.54) is 12.3 Å². The minimum absolute atomic E-state index is 0.200. The van der Waals surface area contributed by atoms with Crippen LogP contribution in [0.1, 0.15) is 28.5 Å². The Bertz CT molecular complexity index is 650. The number of hydrogen-bond donors (Lipinski definition) is 2. The van der Waals surface area contributed by atoms with Gasteiger partial charge >= 0.3 is 0 Å². The van der Waals surface area contributed by atoms with Crippen molar-refractivity contribution < 1.29 is 9.18 Å². The average molecular weight is 287 g/mol. The van der Waals surface area contributed by atoms with Crippen molar-refractivity contribution in [3.05, 3.63) is 53.1 Å². The van der Waals surface area contributed by atoms with Gasteiger partial charge < -0.3 is 10.6 Å². The molecular weight excluding hydrogens is 269 g/mol. The second-order valence-corrected chi connectivity index (χ2v) is 4.79. The van der Waals surface area contributed by atoms with Crippen LogP contribution in [0.15, 0.2) is 30.5 Å². The first-order chi connectivity index (χ1) is 10.0. The van der Waals surface area contributed by atoms with Gasteiger partial charge in [0, 0.05) is 18.4 Å². The molecule has 1 amide bonds. The molecule has 0 bridgehead atoms. The Hall–Kier alpha value is -2.43. The van der Waals surface area contributed by atoms with Crippen LogP contribution in [0.5, 0.6) is 0 Å². The monoisotopic (exact) mass is 287 g/mol. The number of para-hydroxylation sites is 1. The molecule has 0 radical (unpaired) electrons. The fourth-order valence-corrected chi connectivity index (χ4v) is 2.05. The Labute approximate surface area is 123 Å². The van der Waals surface area contributed by atoms with Gasteiger partial charge in [-0.1, -0.05) is 12.1 Å². The zero-order chi connectivity index (χ0) is 15.4. The van der Waals surface area contributed by atoms with Crippen molar-refractivity contribution in [1.82, 2.24) is 4.98 Å². The maximum Gasteiger partial charge on any atom is 0.259 e. The van der Waals surface area contributed by atoms with Gasteiger partial charge in [-0.05, 0) is 38.5 Å². The first-order valence-electron chi connectivity index (χ1n) is 6.80. The Morgan fingerprint density at radius 3 is 2.76 bits per heavy atom. The Morgan fingerprint density at radius 2 is 2.10 bits per heavy atom. The van der Waals surface area contributed by atoms with Crippen molar-refractivity contribution in [2.24, 2.45) is 0 Å². The molecule has 4 nitrogen and oxygen atoms in total. The molecule has 0 aliphatic heterocycles. The summed E-state index contributed by atoms with van der Waals surface area (Å²) in [6.07, 6.45) is 1.50. The number of halogens is 1. The summed E-state index contributed by atoms with van der Waals surface area (Å²) in [6, 6.07) is 6.48. The molecule has 1 heterocycles. The molecule has 2 N–H and O–H groups in total. The van der Waals surface area contributed by atoms with Crippen molar-refractivity contribution in [1.29, 1.82) is 0 Å². The predicted molar refractivity (Wildman–Crippen MR) is 82.2 cm³/mol. The van der Waals surface area contributed by atoms with Crippen LogP contribution in [0.25, 0.3) is 0 Å². The van der Waals surface area contributed by atoms with E-state index in [4.69, 9.17) is 0 Å². The van der Waals surface area contributed by atoms with Crippen molar-refractivity contribution >= 4 is 17.3 Å². The molecule has 0 saturated carbocycles. The number of aromatic nitrogens is 1. The van der Waals surface area contributed by atoms with Crippen LogP contribution >= 0.6 is 0 Å². The summed E-state index contributed by atoms with van der Waals surface area (Å²) in [5.74, 6) is -0.833. The smallest absolute Gasteiger partial charge is 0.259 e. The van der Waals surface area contributed by atoms with Gasteiger partial charge in [0.25, 0.3) is 5.91 Å². The van der Waals surface area contributed by atoms with E-state index in [1.54, 1.807) is 25.1 Å². The standard InChI is InChI=1S/C16H18FN3O/c1-4-18-14-8-11(3)19-9-12(14)16(21)20-15-10(2)6-5-7-13(15)17/h5-9H,4H2,1-3H3,(H,18,19)(H,20,21). The summed E-state index contributed by atoms with van der Waals surface area (Å²) in [7, 11) is 0. The summed E-state index contributed by atoms with van der Waals surface area (Å²) < 4.78 is 13.8. The first-order valence-corrected chi connectivity index (χ1v) is 6.80. The molecule has 2 aromatic rings. The topological polar surface area (TPSA) is 54.0 Å². The van der Waals surface area contributed by atoms with Crippen LogP contribution in [0, 0.1) is 19.7 Å². The van der Waals surface area contributed by atoms with E-state index in [-0.39, 0.29) is 11.6 Å². The number of anilines is 2. The zero-order valence-electron chi connectivity index (χ0n) is 12.3. The highest BCUT2D eigenvalue weighted by Crippen LogP contribution is 2.22. The van der Waals surface area contributed by atoms with Gasteiger partial charge in [0.05, 0.1) is 16.9 Å². The minimum Gasteiger partial charge on any atom is -0.385 e. The largest absolute Gasteiger partial charge is 0.385 e. The van der Waals surface area contributed by atoms with Crippen LogP contribution in [-0.2, 0) is 0 Å². The number of carbonyl (C=O) groups is 1. The molecular formula is C16H18FN3O. The number of pyridine rings is 1. The molecule has 110 valence electrons. The van der Waals surface area contributed by atoms with E-state index in [9.17, 15) is 9.18 Å². The molecule has 1 aromatic heterocycles. The lowest BCUT2D eigenvalue weighted by atomic mass is 10.1. The van der Waals surface area contributed by atoms with Crippen molar-refractivity contribution in [2.45, 2.75) is 20.8 Å². The molecule has 1 aromatic carbocycles. The van der Waals surface area contributed by atoms with E-state index in [2.05, 4.69) is 15.6 Å². The van der Waals surface area contributed by atoms with Crippen LogP contribution in [0.2, 0.25) is 0 Å². The lowest BCUT2D eigenvalue weighted by Gasteiger charge is -2.13. The maximum atomic E-state index is 13.8. The Balaban J connectivity index is 2.32. The first kappa shape index (κ1) is 15.0. The van der Waals surface area contributed by atoms with Gasteiger partial charge in [-0.25, -0.2) is 4.39 Å². The third-order valence-corrected chi connectivity index (χ3v) is 3.11. The number of amides is 1.